The molecule has 2 fully saturated rings. The average molecular weight is 491 g/mol. The van der Waals surface area contributed by atoms with Crippen molar-refractivity contribution in [2.75, 3.05) is 32.8 Å². The summed E-state index contributed by atoms with van der Waals surface area (Å²) in [5.41, 5.74) is -0.849. The van der Waals surface area contributed by atoms with Gasteiger partial charge in [0.2, 0.25) is 10.0 Å². The number of piperidine rings is 1. The Hall–Kier alpha value is -1.16. The Morgan fingerprint density at radius 3 is 2.21 bits per heavy atom. The van der Waals surface area contributed by atoms with Crippen LogP contribution in [0.1, 0.15) is 70.3 Å². The molecule has 1 aromatic carbocycles. The normalized spacial score (nSPS) is 23.2. The van der Waals surface area contributed by atoms with Crippen molar-refractivity contribution < 1.29 is 26.3 Å². The van der Waals surface area contributed by atoms with Crippen LogP contribution in [-0.4, -0.2) is 62.6 Å². The molecule has 1 saturated heterocycles. The minimum Gasteiger partial charge on any atom is -0.378 e. The van der Waals surface area contributed by atoms with Gasteiger partial charge in [0.25, 0.3) is 0 Å². The first-order valence-electron chi connectivity index (χ1n) is 12.2. The first-order valence-corrected chi connectivity index (χ1v) is 13.7. The fourth-order valence-electron chi connectivity index (χ4n) is 4.95. The maximum Gasteiger partial charge on any atom is 0.416 e. The Morgan fingerprint density at radius 1 is 1.00 bits per heavy atom. The van der Waals surface area contributed by atoms with Crippen molar-refractivity contribution in [2.45, 2.75) is 87.9 Å². The van der Waals surface area contributed by atoms with Crippen LogP contribution in [0.5, 0.6) is 0 Å². The monoisotopic (exact) mass is 490 g/mol. The molecule has 1 aromatic rings. The van der Waals surface area contributed by atoms with Gasteiger partial charge in [-0.05, 0) is 95.3 Å². The van der Waals surface area contributed by atoms with E-state index in [2.05, 4.69) is 4.90 Å². The van der Waals surface area contributed by atoms with E-state index in [4.69, 9.17) is 4.74 Å². The van der Waals surface area contributed by atoms with E-state index in [1.54, 1.807) is 6.92 Å². The van der Waals surface area contributed by atoms with Crippen LogP contribution >= 0.6 is 0 Å². The van der Waals surface area contributed by atoms with Crippen LogP contribution in [0.4, 0.5) is 13.2 Å². The number of alkyl halides is 3. The number of nitrogens with zero attached hydrogens (tertiary/aromatic N) is 2. The maximum atomic E-state index is 13.1. The van der Waals surface area contributed by atoms with Gasteiger partial charge in [0, 0.05) is 19.2 Å². The molecule has 2 aliphatic rings. The van der Waals surface area contributed by atoms with Crippen LogP contribution < -0.4 is 0 Å². The van der Waals surface area contributed by atoms with Crippen molar-refractivity contribution in [1.82, 2.24) is 9.21 Å². The number of unbranched alkanes of at least 4 members (excludes halogenated alkanes) is 1. The quantitative estimate of drug-likeness (QED) is 0.417. The molecule has 0 atom stereocenters. The van der Waals surface area contributed by atoms with Gasteiger partial charge in [-0.25, -0.2) is 8.42 Å². The van der Waals surface area contributed by atoms with Gasteiger partial charge in [0.05, 0.1) is 16.6 Å². The first-order chi connectivity index (χ1) is 15.7. The highest BCUT2D eigenvalue weighted by Gasteiger charge is 2.35. The third kappa shape index (κ3) is 7.41. The van der Waals surface area contributed by atoms with Crippen molar-refractivity contribution in [1.29, 1.82) is 0 Å². The summed E-state index contributed by atoms with van der Waals surface area (Å²) in [6.07, 6.45) is 4.83. The summed E-state index contributed by atoms with van der Waals surface area (Å²) in [7, 11) is -3.85. The molecular weight excluding hydrogens is 453 g/mol. The molecule has 0 N–H and O–H groups in total. The summed E-state index contributed by atoms with van der Waals surface area (Å²) in [6, 6.07) is 3.62. The van der Waals surface area contributed by atoms with Crippen LogP contribution in [-0.2, 0) is 20.9 Å². The Kier molecular flexibility index (Phi) is 9.62. The van der Waals surface area contributed by atoms with E-state index < -0.39 is 21.8 Å². The second-order valence-electron chi connectivity index (χ2n) is 9.14. The second-order valence-corrected chi connectivity index (χ2v) is 11.0. The van der Waals surface area contributed by atoms with Crippen LogP contribution in [0, 0.1) is 0 Å². The number of benzene rings is 1. The number of likely N-dealkylation sites (tertiary alicyclic amines) is 1. The Balaban J connectivity index is 1.44. The number of rotatable bonds is 10. The van der Waals surface area contributed by atoms with E-state index in [-0.39, 0.29) is 23.6 Å². The lowest BCUT2D eigenvalue weighted by molar-refractivity contribution is -0.137. The molecular formula is C24H37F3N2O3S. The van der Waals surface area contributed by atoms with Crippen molar-refractivity contribution in [3.63, 3.8) is 0 Å². The summed E-state index contributed by atoms with van der Waals surface area (Å²) in [5.74, 6) is 0. The molecule has 0 bridgehead atoms. The van der Waals surface area contributed by atoms with Gasteiger partial charge >= 0.3 is 6.18 Å². The lowest BCUT2D eigenvalue weighted by Crippen LogP contribution is -2.43. The Morgan fingerprint density at radius 2 is 1.64 bits per heavy atom. The van der Waals surface area contributed by atoms with Crippen molar-refractivity contribution >= 4 is 10.0 Å². The second kappa shape index (κ2) is 12.0. The standard InChI is InChI=1S/C24H37F3N2O3S/c1-2-29(33(30,31)23-14-8-20(9-15-23)24(25,26)27)21-10-12-22(13-11-21)32-19-7-6-18-28-16-4-3-5-17-28/h8-9,14-15,21-22H,2-7,10-13,16-19H2,1H3. The zero-order valence-electron chi connectivity index (χ0n) is 19.5. The van der Waals surface area contributed by atoms with Gasteiger partial charge in [-0.15, -0.1) is 0 Å². The number of halogens is 3. The molecule has 1 aliphatic heterocycles. The predicted octanol–water partition coefficient (Wildman–Crippen LogP) is 5.31. The van der Waals surface area contributed by atoms with Gasteiger partial charge < -0.3 is 9.64 Å². The molecule has 5 nitrogen and oxygen atoms in total. The molecule has 188 valence electrons. The third-order valence-electron chi connectivity index (χ3n) is 6.82. The highest BCUT2D eigenvalue weighted by Crippen LogP contribution is 2.32. The van der Waals surface area contributed by atoms with Crippen LogP contribution in [0.2, 0.25) is 0 Å². The van der Waals surface area contributed by atoms with Crippen molar-refractivity contribution in [3.8, 4) is 0 Å². The SMILES string of the molecule is CCN(C1CCC(OCCCCN2CCCCC2)CC1)S(=O)(=O)c1ccc(C(F)(F)F)cc1. The predicted molar refractivity (Wildman–Crippen MR) is 123 cm³/mol. The molecule has 0 aromatic heterocycles. The molecule has 0 spiro atoms. The number of hydrogen-bond acceptors (Lipinski definition) is 4. The van der Waals surface area contributed by atoms with Crippen LogP contribution in [0.25, 0.3) is 0 Å². The van der Waals surface area contributed by atoms with E-state index in [0.29, 0.717) is 12.8 Å². The molecule has 33 heavy (non-hydrogen) atoms. The van der Waals surface area contributed by atoms with E-state index in [1.165, 1.54) is 36.7 Å². The molecule has 3 rings (SSSR count). The Labute approximate surface area is 196 Å². The summed E-state index contributed by atoms with van der Waals surface area (Å²) in [6.45, 7) is 6.37. The molecule has 1 heterocycles. The summed E-state index contributed by atoms with van der Waals surface area (Å²) in [5, 5.41) is 0. The zero-order valence-corrected chi connectivity index (χ0v) is 20.3. The summed E-state index contributed by atoms with van der Waals surface area (Å²) in [4.78, 5) is 2.44. The minimum atomic E-state index is -4.49. The van der Waals surface area contributed by atoms with E-state index in [1.807, 2.05) is 0 Å². The average Bonchev–Trinajstić information content (AvgIpc) is 2.80. The fraction of sp³-hybridized carbons (Fsp3) is 0.750. The van der Waals surface area contributed by atoms with Crippen molar-refractivity contribution in [2.24, 2.45) is 0 Å². The lowest BCUT2D eigenvalue weighted by atomic mass is 9.93. The van der Waals surface area contributed by atoms with Crippen LogP contribution in [0.15, 0.2) is 29.2 Å². The van der Waals surface area contributed by atoms with Gasteiger partial charge in [0.1, 0.15) is 0 Å². The van der Waals surface area contributed by atoms with Gasteiger partial charge in [-0.2, -0.15) is 17.5 Å². The maximum absolute atomic E-state index is 13.1. The molecule has 1 saturated carbocycles. The molecule has 0 radical (unpaired) electrons. The zero-order chi connectivity index (χ0) is 23.9. The number of sulfonamides is 1. The minimum absolute atomic E-state index is 0.0931. The number of hydrogen-bond donors (Lipinski definition) is 0. The topological polar surface area (TPSA) is 49.9 Å². The van der Waals surface area contributed by atoms with E-state index in [0.717, 1.165) is 63.1 Å². The lowest BCUT2D eigenvalue weighted by Gasteiger charge is -2.35. The van der Waals surface area contributed by atoms with E-state index in [9.17, 15) is 21.6 Å². The summed E-state index contributed by atoms with van der Waals surface area (Å²) >= 11 is 0. The highest BCUT2D eigenvalue weighted by atomic mass is 32.2. The van der Waals surface area contributed by atoms with Crippen molar-refractivity contribution in [3.05, 3.63) is 29.8 Å². The smallest absolute Gasteiger partial charge is 0.378 e. The molecule has 0 unspecified atom stereocenters. The van der Waals surface area contributed by atoms with Gasteiger partial charge in [-0.1, -0.05) is 13.3 Å². The van der Waals surface area contributed by atoms with Gasteiger partial charge in [0.15, 0.2) is 0 Å². The molecule has 9 heteroatoms. The third-order valence-corrected chi connectivity index (χ3v) is 8.86. The van der Waals surface area contributed by atoms with Crippen LogP contribution in [0.3, 0.4) is 0 Å². The fourth-order valence-corrected chi connectivity index (χ4v) is 6.64. The Bertz CT molecular complexity index is 816. The largest absolute Gasteiger partial charge is 0.416 e. The molecule has 0 amide bonds. The first kappa shape index (κ1) is 26.4. The highest BCUT2D eigenvalue weighted by molar-refractivity contribution is 7.89. The van der Waals surface area contributed by atoms with E-state index >= 15 is 0 Å². The van der Waals surface area contributed by atoms with Gasteiger partial charge in [-0.3, -0.25) is 0 Å². The molecule has 1 aliphatic carbocycles. The number of ether oxygens (including phenoxy) is 1. The summed E-state index contributed by atoms with van der Waals surface area (Å²) < 4.78 is 72.1.